The molecule has 0 bridgehead atoms. The molecule has 1 aliphatic carbocycles. The Kier molecular flexibility index (Phi) is 6.58. The number of halogens is 4. The van der Waals surface area contributed by atoms with Gasteiger partial charge in [-0.3, -0.25) is 9.69 Å². The highest BCUT2D eigenvalue weighted by molar-refractivity contribution is 5.91. The fraction of sp³-hybridized carbons (Fsp3) is 0.611. The number of nitrogens with one attached hydrogen (secondary N) is 2. The molecule has 1 saturated heterocycles. The number of alkyl halides is 3. The van der Waals surface area contributed by atoms with Crippen molar-refractivity contribution in [3.05, 3.63) is 35.4 Å². The maximum absolute atomic E-state index is 13.4. The highest BCUT2D eigenvalue weighted by atomic mass is 35.5. The molecule has 146 valence electrons. The van der Waals surface area contributed by atoms with Crippen LogP contribution in [0.5, 0.6) is 0 Å². The molecule has 1 aromatic rings. The monoisotopic (exact) mass is 391 g/mol. The van der Waals surface area contributed by atoms with Crippen LogP contribution >= 0.6 is 12.4 Å². The lowest BCUT2D eigenvalue weighted by Crippen LogP contribution is -2.58. The second kappa shape index (κ2) is 8.15. The molecule has 0 radical (unpaired) electrons. The minimum Gasteiger partial charge on any atom is -0.353 e. The van der Waals surface area contributed by atoms with Crippen molar-refractivity contribution in [3.8, 4) is 0 Å². The Labute approximate surface area is 157 Å². The first-order valence-electron chi connectivity index (χ1n) is 8.70. The molecule has 1 aliphatic heterocycles. The van der Waals surface area contributed by atoms with E-state index in [1.165, 1.54) is 4.90 Å². The summed E-state index contributed by atoms with van der Waals surface area (Å²) in [5, 5.41) is 5.65. The quantitative estimate of drug-likeness (QED) is 0.810. The van der Waals surface area contributed by atoms with E-state index in [9.17, 15) is 18.0 Å². The second-order valence-electron chi connectivity index (χ2n) is 6.95. The van der Waals surface area contributed by atoms with Crippen molar-refractivity contribution in [3.63, 3.8) is 0 Å². The Hall–Kier alpha value is -1.31. The van der Waals surface area contributed by atoms with Crippen LogP contribution in [0.4, 0.5) is 13.2 Å². The lowest BCUT2D eigenvalue weighted by molar-refractivity contribution is -0.184. The number of hydrogen-bond donors (Lipinski definition) is 2. The highest BCUT2D eigenvalue weighted by Gasteiger charge is 2.52. The van der Waals surface area contributed by atoms with Gasteiger partial charge in [0, 0.05) is 32.7 Å². The third-order valence-corrected chi connectivity index (χ3v) is 5.27. The summed E-state index contributed by atoms with van der Waals surface area (Å²) >= 11 is 0. The summed E-state index contributed by atoms with van der Waals surface area (Å²) in [5.41, 5.74) is 1.29. The third kappa shape index (κ3) is 4.32. The Morgan fingerprint density at radius 2 is 1.88 bits per heavy atom. The summed E-state index contributed by atoms with van der Waals surface area (Å²) in [6.07, 6.45) is -2.98. The van der Waals surface area contributed by atoms with E-state index in [0.29, 0.717) is 39.0 Å². The van der Waals surface area contributed by atoms with Crippen LogP contribution < -0.4 is 10.6 Å². The zero-order valence-electron chi connectivity index (χ0n) is 14.7. The molecule has 26 heavy (non-hydrogen) atoms. The number of hydrogen-bond acceptors (Lipinski definition) is 3. The molecule has 8 heteroatoms. The maximum atomic E-state index is 13.4. The molecule has 2 fully saturated rings. The summed E-state index contributed by atoms with van der Waals surface area (Å²) in [5.74, 6) is -0.286. The number of carbonyl (C=O) groups excluding carboxylic acids is 1. The van der Waals surface area contributed by atoms with Crippen LogP contribution in [0.3, 0.4) is 0 Å². The summed E-state index contributed by atoms with van der Waals surface area (Å²) in [7, 11) is 0. The van der Waals surface area contributed by atoms with Gasteiger partial charge in [0.15, 0.2) is 0 Å². The Morgan fingerprint density at radius 1 is 1.27 bits per heavy atom. The third-order valence-electron chi connectivity index (χ3n) is 5.27. The van der Waals surface area contributed by atoms with Crippen LogP contribution in [0, 0.1) is 6.92 Å². The zero-order chi connectivity index (χ0) is 18.1. The topological polar surface area (TPSA) is 44.4 Å². The molecule has 0 spiro atoms. The minimum atomic E-state index is -4.36. The first-order valence-corrected chi connectivity index (χ1v) is 8.70. The van der Waals surface area contributed by atoms with E-state index >= 15 is 0 Å². The zero-order valence-corrected chi connectivity index (χ0v) is 15.6. The molecule has 0 aromatic heterocycles. The average Bonchev–Trinajstić information content (AvgIpc) is 3.37. The summed E-state index contributed by atoms with van der Waals surface area (Å²) in [6.45, 7) is 3.28. The molecule has 1 aromatic carbocycles. The molecule has 4 nitrogen and oxygen atoms in total. The second-order valence-corrected chi connectivity index (χ2v) is 6.95. The molecular weight excluding hydrogens is 367 g/mol. The molecule has 3 rings (SSSR count). The van der Waals surface area contributed by atoms with E-state index in [1.807, 2.05) is 31.2 Å². The number of aryl methyl sites for hydroxylation is 1. The van der Waals surface area contributed by atoms with Crippen LogP contribution in [-0.2, 0) is 10.2 Å². The van der Waals surface area contributed by atoms with Gasteiger partial charge in [-0.1, -0.05) is 24.3 Å². The van der Waals surface area contributed by atoms with Gasteiger partial charge in [-0.05, 0) is 30.9 Å². The van der Waals surface area contributed by atoms with Gasteiger partial charge >= 0.3 is 6.18 Å². The van der Waals surface area contributed by atoms with Crippen molar-refractivity contribution < 1.29 is 18.0 Å². The van der Waals surface area contributed by atoms with E-state index in [1.54, 1.807) is 0 Å². The van der Waals surface area contributed by atoms with Crippen LogP contribution in [-0.4, -0.2) is 55.7 Å². The maximum Gasteiger partial charge on any atom is 0.405 e. The van der Waals surface area contributed by atoms with Crippen LogP contribution in [0.2, 0.25) is 0 Å². The van der Waals surface area contributed by atoms with Gasteiger partial charge in [-0.25, -0.2) is 0 Å². The Balaban J connectivity index is 0.00000243. The fourth-order valence-corrected chi connectivity index (χ4v) is 3.66. The van der Waals surface area contributed by atoms with E-state index in [2.05, 4.69) is 10.6 Å². The van der Waals surface area contributed by atoms with E-state index in [-0.39, 0.29) is 18.3 Å². The molecule has 1 saturated carbocycles. The molecule has 1 unspecified atom stereocenters. The smallest absolute Gasteiger partial charge is 0.353 e. The number of rotatable bonds is 5. The lowest BCUT2D eigenvalue weighted by atomic mass is 9.91. The molecule has 2 aliphatic rings. The van der Waals surface area contributed by atoms with Gasteiger partial charge in [-0.2, -0.15) is 13.2 Å². The average molecular weight is 392 g/mol. The van der Waals surface area contributed by atoms with Gasteiger partial charge < -0.3 is 10.6 Å². The lowest BCUT2D eigenvalue weighted by Gasteiger charge is -2.36. The van der Waals surface area contributed by atoms with E-state index in [0.717, 1.165) is 11.1 Å². The largest absolute Gasteiger partial charge is 0.405 e. The van der Waals surface area contributed by atoms with Crippen LogP contribution in [0.25, 0.3) is 0 Å². The summed E-state index contributed by atoms with van der Waals surface area (Å²) in [6, 6.07) is 5.97. The molecular formula is C18H25ClF3N3O. The van der Waals surface area contributed by atoms with Gasteiger partial charge in [0.25, 0.3) is 0 Å². The number of carbonyl (C=O) groups is 1. The molecule has 1 atom stereocenters. The van der Waals surface area contributed by atoms with E-state index < -0.39 is 24.2 Å². The van der Waals surface area contributed by atoms with Crippen molar-refractivity contribution in [2.75, 3.05) is 32.7 Å². The number of amides is 1. The van der Waals surface area contributed by atoms with Crippen molar-refractivity contribution >= 4 is 18.3 Å². The van der Waals surface area contributed by atoms with E-state index in [4.69, 9.17) is 0 Å². The van der Waals surface area contributed by atoms with Gasteiger partial charge in [-0.15, -0.1) is 12.4 Å². The van der Waals surface area contributed by atoms with Crippen molar-refractivity contribution in [2.45, 2.75) is 37.4 Å². The van der Waals surface area contributed by atoms with Gasteiger partial charge in [0.1, 0.15) is 6.04 Å². The molecule has 1 heterocycles. The van der Waals surface area contributed by atoms with Crippen molar-refractivity contribution in [2.24, 2.45) is 0 Å². The van der Waals surface area contributed by atoms with Gasteiger partial charge in [0.05, 0.1) is 5.41 Å². The SMILES string of the molecule is Cc1ccccc1C1(C(=O)NCC(N2CCNCC2)C(F)(F)F)CC1.Cl. The number of benzene rings is 1. The van der Waals surface area contributed by atoms with Gasteiger partial charge in [0.2, 0.25) is 5.91 Å². The number of nitrogens with zero attached hydrogens (tertiary/aromatic N) is 1. The number of piperazine rings is 1. The predicted molar refractivity (Wildman–Crippen MR) is 96.6 cm³/mol. The standard InChI is InChI=1S/C18H24F3N3O.ClH/c1-13-4-2-3-5-14(13)17(6-7-17)16(25)23-12-15(18(19,20)21)24-10-8-22-9-11-24;/h2-5,15,22H,6-12H2,1H3,(H,23,25);1H. The summed E-state index contributed by atoms with van der Waals surface area (Å²) < 4.78 is 40.3. The first-order chi connectivity index (χ1) is 11.8. The van der Waals surface area contributed by atoms with Crippen LogP contribution in [0.15, 0.2) is 24.3 Å². The first kappa shape index (κ1) is 21.0. The molecule has 1 amide bonds. The Bertz CT molecular complexity index is 628. The van der Waals surface area contributed by atoms with Crippen LogP contribution in [0.1, 0.15) is 24.0 Å². The summed E-state index contributed by atoms with van der Waals surface area (Å²) in [4.78, 5) is 14.1. The van der Waals surface area contributed by atoms with Crippen molar-refractivity contribution in [1.29, 1.82) is 0 Å². The Morgan fingerprint density at radius 3 is 2.42 bits per heavy atom. The minimum absolute atomic E-state index is 0. The fourth-order valence-electron chi connectivity index (χ4n) is 3.66. The normalized spacial score (nSPS) is 20.8. The molecule has 2 N–H and O–H groups in total. The predicted octanol–water partition coefficient (Wildman–Crippen LogP) is 2.40. The van der Waals surface area contributed by atoms with Crippen molar-refractivity contribution in [1.82, 2.24) is 15.5 Å². The highest BCUT2D eigenvalue weighted by Crippen LogP contribution is 2.49.